The smallest absolute Gasteiger partial charge is 0.343 e. The lowest BCUT2D eigenvalue weighted by molar-refractivity contribution is 0.0735. The molecule has 0 aliphatic heterocycles. The maximum Gasteiger partial charge on any atom is 0.343 e. The van der Waals surface area contributed by atoms with Gasteiger partial charge in [-0.2, -0.15) is 0 Å². The van der Waals surface area contributed by atoms with Crippen molar-refractivity contribution >= 4 is 11.5 Å². The van der Waals surface area contributed by atoms with Crippen molar-refractivity contribution in [2.75, 3.05) is 0 Å². The summed E-state index contributed by atoms with van der Waals surface area (Å²) in [5.74, 6) is 0.197. The van der Waals surface area contributed by atoms with E-state index in [9.17, 15) is 4.79 Å². The third-order valence-corrected chi connectivity index (χ3v) is 4.06. The number of hydrogen-bond donors (Lipinski definition) is 0. The van der Waals surface area contributed by atoms with E-state index in [0.29, 0.717) is 11.3 Å². The van der Waals surface area contributed by atoms with Crippen LogP contribution >= 0.6 is 0 Å². The van der Waals surface area contributed by atoms with Crippen LogP contribution in [0.1, 0.15) is 28.4 Å². The molecule has 0 N–H and O–H groups in total. The van der Waals surface area contributed by atoms with Crippen LogP contribution in [0, 0.1) is 6.92 Å². The van der Waals surface area contributed by atoms with E-state index in [4.69, 9.17) is 4.74 Å². The van der Waals surface area contributed by atoms with Gasteiger partial charge in [0.1, 0.15) is 5.75 Å². The Morgan fingerprint density at radius 3 is 1.72 bits per heavy atom. The summed E-state index contributed by atoms with van der Waals surface area (Å²) in [5, 5.41) is 0. The topological polar surface area (TPSA) is 26.3 Å². The van der Waals surface area contributed by atoms with Crippen LogP contribution in [-0.4, -0.2) is 5.97 Å². The molecule has 3 aromatic rings. The first-order valence-electron chi connectivity index (χ1n) is 8.18. The molecule has 0 saturated heterocycles. The van der Waals surface area contributed by atoms with Crippen molar-refractivity contribution in [1.82, 2.24) is 0 Å². The third-order valence-electron chi connectivity index (χ3n) is 4.06. The summed E-state index contributed by atoms with van der Waals surface area (Å²) in [4.78, 5) is 12.2. The Morgan fingerprint density at radius 2 is 1.24 bits per heavy atom. The highest BCUT2D eigenvalue weighted by Gasteiger charge is 2.09. The predicted octanol–water partition coefficient (Wildman–Crippen LogP) is 5.91. The second kappa shape index (κ2) is 7.18. The summed E-state index contributed by atoms with van der Waals surface area (Å²) in [5.41, 5.74) is 5.98. The normalized spacial score (nSPS) is 10.3. The van der Waals surface area contributed by atoms with Crippen molar-refractivity contribution < 1.29 is 9.53 Å². The van der Waals surface area contributed by atoms with E-state index in [1.165, 1.54) is 0 Å². The zero-order chi connectivity index (χ0) is 17.8. The molecule has 0 aliphatic rings. The monoisotopic (exact) mass is 328 g/mol. The van der Waals surface area contributed by atoms with Crippen LogP contribution in [-0.2, 0) is 0 Å². The maximum absolute atomic E-state index is 12.2. The van der Waals surface area contributed by atoms with Gasteiger partial charge in [0, 0.05) is 0 Å². The standard InChI is InChI=1S/C23H20O2/c1-16(2)18-6-8-19(9-7-18)20-10-12-21(13-11-20)23(24)25-22-14-4-17(3)5-15-22/h4-15H,1H2,2-3H3. The Morgan fingerprint density at radius 1 is 0.760 bits per heavy atom. The van der Waals surface area contributed by atoms with Gasteiger partial charge in [0.25, 0.3) is 0 Å². The molecule has 0 spiro atoms. The van der Waals surface area contributed by atoms with Gasteiger partial charge in [-0.25, -0.2) is 4.79 Å². The molecule has 0 saturated carbocycles. The molecule has 0 unspecified atom stereocenters. The van der Waals surface area contributed by atoms with Crippen molar-refractivity contribution in [3.05, 3.63) is 96.1 Å². The molecule has 3 rings (SSSR count). The Labute approximate surface area is 148 Å². The number of rotatable bonds is 4. The van der Waals surface area contributed by atoms with Crippen LogP contribution in [0.5, 0.6) is 5.75 Å². The molecule has 0 aromatic heterocycles. The molecule has 124 valence electrons. The molecule has 0 amide bonds. The lowest BCUT2D eigenvalue weighted by Crippen LogP contribution is -2.08. The molecule has 25 heavy (non-hydrogen) atoms. The summed E-state index contributed by atoms with van der Waals surface area (Å²) in [6.07, 6.45) is 0. The largest absolute Gasteiger partial charge is 0.423 e. The number of ether oxygens (including phenoxy) is 1. The van der Waals surface area contributed by atoms with Crippen LogP contribution in [0.15, 0.2) is 79.4 Å². The fourth-order valence-electron chi connectivity index (χ4n) is 2.52. The molecule has 0 bridgehead atoms. The molecule has 0 heterocycles. The highest BCUT2D eigenvalue weighted by Crippen LogP contribution is 2.23. The summed E-state index contributed by atoms with van der Waals surface area (Å²) < 4.78 is 5.39. The molecule has 2 heteroatoms. The van der Waals surface area contributed by atoms with Crippen LogP contribution < -0.4 is 4.74 Å². The van der Waals surface area contributed by atoms with Crippen molar-refractivity contribution in [2.24, 2.45) is 0 Å². The fraction of sp³-hybridized carbons (Fsp3) is 0.0870. The molecular weight excluding hydrogens is 308 g/mol. The van der Waals surface area contributed by atoms with Gasteiger partial charge < -0.3 is 4.74 Å². The first-order valence-corrected chi connectivity index (χ1v) is 8.18. The zero-order valence-electron chi connectivity index (χ0n) is 14.5. The predicted molar refractivity (Wildman–Crippen MR) is 103 cm³/mol. The van der Waals surface area contributed by atoms with E-state index >= 15 is 0 Å². The van der Waals surface area contributed by atoms with E-state index in [1.807, 2.05) is 38.1 Å². The van der Waals surface area contributed by atoms with Crippen molar-refractivity contribution in [1.29, 1.82) is 0 Å². The first kappa shape index (κ1) is 16.7. The van der Waals surface area contributed by atoms with Crippen molar-refractivity contribution in [3.8, 4) is 16.9 Å². The number of hydrogen-bond acceptors (Lipinski definition) is 2. The van der Waals surface area contributed by atoms with Crippen LogP contribution in [0.25, 0.3) is 16.7 Å². The lowest BCUT2D eigenvalue weighted by Gasteiger charge is -2.07. The van der Waals surface area contributed by atoms with Crippen molar-refractivity contribution in [3.63, 3.8) is 0 Å². The van der Waals surface area contributed by atoms with Gasteiger partial charge in [-0.15, -0.1) is 0 Å². The zero-order valence-corrected chi connectivity index (χ0v) is 14.5. The molecule has 3 aromatic carbocycles. The van der Waals surface area contributed by atoms with Gasteiger partial charge in [0.2, 0.25) is 0 Å². The molecule has 0 aliphatic carbocycles. The molecular formula is C23H20O2. The highest BCUT2D eigenvalue weighted by atomic mass is 16.5. The lowest BCUT2D eigenvalue weighted by atomic mass is 10.0. The average Bonchev–Trinajstić information content (AvgIpc) is 2.64. The number of carbonyl (C=O) groups is 1. The van der Waals surface area contributed by atoms with Crippen LogP contribution in [0.3, 0.4) is 0 Å². The van der Waals surface area contributed by atoms with E-state index in [-0.39, 0.29) is 5.97 Å². The average molecular weight is 328 g/mol. The minimum Gasteiger partial charge on any atom is -0.423 e. The molecule has 0 fully saturated rings. The minimum absolute atomic E-state index is 0.354. The second-order valence-electron chi connectivity index (χ2n) is 6.14. The maximum atomic E-state index is 12.2. The molecule has 0 atom stereocenters. The first-order chi connectivity index (χ1) is 12.0. The number of allylic oxidation sites excluding steroid dienone is 1. The number of aryl methyl sites for hydroxylation is 1. The molecule has 2 nitrogen and oxygen atoms in total. The van der Waals surface area contributed by atoms with E-state index < -0.39 is 0 Å². The summed E-state index contributed by atoms with van der Waals surface area (Å²) in [7, 11) is 0. The van der Waals surface area contributed by atoms with E-state index in [1.54, 1.807) is 24.3 Å². The van der Waals surface area contributed by atoms with Crippen molar-refractivity contribution in [2.45, 2.75) is 13.8 Å². The van der Waals surface area contributed by atoms with Gasteiger partial charge in [-0.05, 0) is 54.8 Å². The quantitative estimate of drug-likeness (QED) is 0.439. The summed E-state index contributed by atoms with van der Waals surface area (Å²) in [6, 6.07) is 23.1. The van der Waals surface area contributed by atoms with Gasteiger partial charge in [0.05, 0.1) is 5.56 Å². The van der Waals surface area contributed by atoms with Gasteiger partial charge in [0.15, 0.2) is 0 Å². The Bertz CT molecular complexity index is 886. The Hall–Kier alpha value is -3.13. The van der Waals surface area contributed by atoms with E-state index in [0.717, 1.165) is 27.8 Å². The van der Waals surface area contributed by atoms with E-state index in [2.05, 4.69) is 30.8 Å². The summed E-state index contributed by atoms with van der Waals surface area (Å²) in [6.45, 7) is 7.93. The Balaban J connectivity index is 1.74. The Kier molecular flexibility index (Phi) is 4.80. The second-order valence-corrected chi connectivity index (χ2v) is 6.14. The van der Waals surface area contributed by atoms with Crippen LogP contribution in [0.2, 0.25) is 0 Å². The van der Waals surface area contributed by atoms with Gasteiger partial charge in [-0.1, -0.05) is 66.2 Å². The minimum atomic E-state index is -0.354. The SMILES string of the molecule is C=C(C)c1ccc(-c2ccc(C(=O)Oc3ccc(C)cc3)cc2)cc1. The van der Waals surface area contributed by atoms with Crippen LogP contribution in [0.4, 0.5) is 0 Å². The number of esters is 1. The molecule has 0 radical (unpaired) electrons. The van der Waals surface area contributed by atoms with Gasteiger partial charge >= 0.3 is 5.97 Å². The number of benzene rings is 3. The highest BCUT2D eigenvalue weighted by molar-refractivity contribution is 5.91. The summed E-state index contributed by atoms with van der Waals surface area (Å²) >= 11 is 0. The third kappa shape index (κ3) is 4.04. The fourth-order valence-corrected chi connectivity index (χ4v) is 2.52. The van der Waals surface area contributed by atoms with Gasteiger partial charge in [-0.3, -0.25) is 0 Å². The number of carbonyl (C=O) groups excluding carboxylic acids is 1.